The lowest BCUT2D eigenvalue weighted by atomic mass is 9.84. The molecule has 34 heavy (non-hydrogen) atoms. The maximum absolute atomic E-state index is 13.0. The summed E-state index contributed by atoms with van der Waals surface area (Å²) in [7, 11) is 0. The van der Waals surface area contributed by atoms with Crippen LogP contribution in [0.4, 0.5) is 17.1 Å². The van der Waals surface area contributed by atoms with Gasteiger partial charge in [-0.2, -0.15) is 0 Å². The Morgan fingerprint density at radius 3 is 2.74 bits per heavy atom. The van der Waals surface area contributed by atoms with Crippen LogP contribution in [0.5, 0.6) is 0 Å². The molecule has 1 aliphatic carbocycles. The number of fused-ring (bicyclic) bond motifs is 2. The molecular formula is C26H26N4O4. The van der Waals surface area contributed by atoms with E-state index in [9.17, 15) is 9.59 Å². The van der Waals surface area contributed by atoms with Gasteiger partial charge in [0.15, 0.2) is 0 Å². The molecule has 3 aromatic rings. The molecule has 3 heterocycles. The molecule has 0 saturated carbocycles. The SMILES string of the molecule is Cc1cc2cc(NC(=O)C3C=C4C3OCCN4c3cccc(N4CCOCC4=O)c3)ccc2[nH]1. The number of morpholine rings is 2. The number of carbonyl (C=O) groups is 2. The van der Waals surface area contributed by atoms with Crippen LogP contribution >= 0.6 is 0 Å². The molecular weight excluding hydrogens is 432 g/mol. The van der Waals surface area contributed by atoms with E-state index in [4.69, 9.17) is 9.47 Å². The highest BCUT2D eigenvalue weighted by Crippen LogP contribution is 2.39. The molecule has 8 heteroatoms. The highest BCUT2D eigenvalue weighted by Gasteiger charge is 2.44. The van der Waals surface area contributed by atoms with E-state index >= 15 is 0 Å². The summed E-state index contributed by atoms with van der Waals surface area (Å²) in [6.07, 6.45) is 1.70. The molecule has 2 unspecified atom stereocenters. The summed E-state index contributed by atoms with van der Waals surface area (Å²) >= 11 is 0. The average Bonchev–Trinajstić information content (AvgIpc) is 3.19. The lowest BCUT2D eigenvalue weighted by Crippen LogP contribution is -2.52. The second kappa shape index (κ2) is 8.30. The van der Waals surface area contributed by atoms with Gasteiger partial charge in [-0.15, -0.1) is 0 Å². The Labute approximate surface area is 197 Å². The third-order valence-corrected chi connectivity index (χ3v) is 6.66. The van der Waals surface area contributed by atoms with E-state index in [1.807, 2.05) is 55.5 Å². The van der Waals surface area contributed by atoms with Crippen LogP contribution < -0.4 is 15.1 Å². The summed E-state index contributed by atoms with van der Waals surface area (Å²) in [4.78, 5) is 32.5. The molecule has 0 bridgehead atoms. The van der Waals surface area contributed by atoms with Gasteiger partial charge in [0.05, 0.1) is 19.1 Å². The van der Waals surface area contributed by atoms with Crippen LogP contribution in [0.15, 0.2) is 60.3 Å². The minimum Gasteiger partial charge on any atom is -0.370 e. The predicted octanol–water partition coefficient (Wildman–Crippen LogP) is 3.20. The number of hydrogen-bond donors (Lipinski definition) is 2. The number of benzene rings is 2. The van der Waals surface area contributed by atoms with Crippen LogP contribution in [-0.4, -0.2) is 55.8 Å². The first-order valence-electron chi connectivity index (χ1n) is 11.6. The Morgan fingerprint density at radius 2 is 1.88 bits per heavy atom. The Hall–Kier alpha value is -3.62. The van der Waals surface area contributed by atoms with E-state index in [2.05, 4.69) is 21.3 Å². The van der Waals surface area contributed by atoms with Crippen molar-refractivity contribution in [2.75, 3.05) is 48.0 Å². The van der Waals surface area contributed by atoms with E-state index in [1.54, 1.807) is 4.90 Å². The molecule has 2 aromatic carbocycles. The first kappa shape index (κ1) is 20.9. The smallest absolute Gasteiger partial charge is 0.253 e. The van der Waals surface area contributed by atoms with Gasteiger partial charge in [0, 0.05) is 52.4 Å². The number of hydrogen-bond acceptors (Lipinski definition) is 5. The first-order valence-corrected chi connectivity index (χ1v) is 11.6. The Kier molecular flexibility index (Phi) is 5.12. The molecule has 2 N–H and O–H groups in total. The van der Waals surface area contributed by atoms with Gasteiger partial charge in [-0.1, -0.05) is 6.07 Å². The molecule has 1 aromatic heterocycles. The molecule has 2 aliphatic heterocycles. The van der Waals surface area contributed by atoms with Crippen molar-refractivity contribution in [1.29, 1.82) is 0 Å². The van der Waals surface area contributed by atoms with Crippen molar-refractivity contribution >= 4 is 39.8 Å². The first-order chi connectivity index (χ1) is 16.6. The number of anilines is 3. The number of H-pyrrole nitrogens is 1. The van der Waals surface area contributed by atoms with Crippen LogP contribution in [0.25, 0.3) is 10.9 Å². The summed E-state index contributed by atoms with van der Waals surface area (Å²) < 4.78 is 11.2. The maximum Gasteiger partial charge on any atom is 0.253 e. The molecule has 2 saturated heterocycles. The number of amides is 2. The van der Waals surface area contributed by atoms with Crippen molar-refractivity contribution in [2.45, 2.75) is 13.0 Å². The van der Waals surface area contributed by atoms with E-state index in [-0.39, 0.29) is 30.4 Å². The van der Waals surface area contributed by atoms with Crippen molar-refractivity contribution in [3.8, 4) is 0 Å². The lowest BCUT2D eigenvalue weighted by Gasteiger charge is -2.45. The summed E-state index contributed by atoms with van der Waals surface area (Å²) in [6.45, 7) is 4.44. The number of aromatic amines is 1. The van der Waals surface area contributed by atoms with E-state index in [1.165, 1.54) is 0 Å². The summed E-state index contributed by atoms with van der Waals surface area (Å²) in [5.41, 5.74) is 5.75. The fourth-order valence-electron chi connectivity index (χ4n) is 4.96. The van der Waals surface area contributed by atoms with E-state index < -0.39 is 0 Å². The van der Waals surface area contributed by atoms with Crippen molar-refractivity contribution in [3.63, 3.8) is 0 Å². The van der Waals surface area contributed by atoms with Gasteiger partial charge in [-0.3, -0.25) is 9.59 Å². The second-order valence-corrected chi connectivity index (χ2v) is 8.92. The van der Waals surface area contributed by atoms with Gasteiger partial charge in [0.25, 0.3) is 5.91 Å². The maximum atomic E-state index is 13.0. The fourth-order valence-corrected chi connectivity index (χ4v) is 4.96. The zero-order chi connectivity index (χ0) is 23.2. The highest BCUT2D eigenvalue weighted by molar-refractivity contribution is 5.98. The second-order valence-electron chi connectivity index (χ2n) is 8.92. The number of nitrogens with one attached hydrogen (secondary N) is 2. The number of rotatable bonds is 4. The topological polar surface area (TPSA) is 86.9 Å². The minimum atomic E-state index is -0.342. The van der Waals surface area contributed by atoms with Crippen LogP contribution in [0.3, 0.4) is 0 Å². The van der Waals surface area contributed by atoms with Crippen molar-refractivity contribution in [3.05, 3.63) is 66.0 Å². The number of aromatic nitrogens is 1. The molecule has 2 atom stereocenters. The quantitative estimate of drug-likeness (QED) is 0.627. The molecule has 6 rings (SSSR count). The standard InChI is InChI=1S/C26H26N4O4/c1-16-11-17-12-18(5-6-22(17)27-16)28-26(32)21-14-23-25(21)34-10-8-29(23)19-3-2-4-20(13-19)30-7-9-33-15-24(30)31/h2-6,11-14,21,25,27H,7-10,15H2,1H3,(H,28,32). The fraction of sp³-hybridized carbons (Fsp3) is 0.308. The van der Waals surface area contributed by atoms with Gasteiger partial charge < -0.3 is 29.6 Å². The molecule has 0 radical (unpaired) electrons. The zero-order valence-corrected chi connectivity index (χ0v) is 18.9. The Bertz CT molecular complexity index is 1310. The van der Waals surface area contributed by atoms with E-state index in [0.717, 1.165) is 39.4 Å². The van der Waals surface area contributed by atoms with Gasteiger partial charge in [0.2, 0.25) is 5.91 Å². The third-order valence-electron chi connectivity index (χ3n) is 6.66. The molecule has 174 valence electrons. The Morgan fingerprint density at radius 1 is 1.06 bits per heavy atom. The highest BCUT2D eigenvalue weighted by atomic mass is 16.5. The number of ether oxygens (including phenoxy) is 2. The van der Waals surface area contributed by atoms with Crippen molar-refractivity contribution < 1.29 is 19.1 Å². The van der Waals surface area contributed by atoms with Crippen LogP contribution in [-0.2, 0) is 19.1 Å². The summed E-state index contributed by atoms with van der Waals surface area (Å²) in [5.74, 6) is -0.448. The number of aryl methyl sites for hydroxylation is 1. The van der Waals surface area contributed by atoms with Gasteiger partial charge in [-0.05, 0) is 55.5 Å². The largest absolute Gasteiger partial charge is 0.370 e. The lowest BCUT2D eigenvalue weighted by molar-refractivity contribution is -0.126. The third kappa shape index (κ3) is 3.65. The van der Waals surface area contributed by atoms with Gasteiger partial charge in [0.1, 0.15) is 12.7 Å². The minimum absolute atomic E-state index is 0.0316. The molecule has 8 nitrogen and oxygen atoms in total. The summed E-state index contributed by atoms with van der Waals surface area (Å²) in [6, 6.07) is 15.9. The zero-order valence-electron chi connectivity index (χ0n) is 18.9. The molecule has 3 aliphatic rings. The van der Waals surface area contributed by atoms with Crippen LogP contribution in [0.2, 0.25) is 0 Å². The molecule has 2 fully saturated rings. The average molecular weight is 459 g/mol. The van der Waals surface area contributed by atoms with Crippen LogP contribution in [0, 0.1) is 12.8 Å². The number of nitrogens with zero attached hydrogens (tertiary/aromatic N) is 2. The molecule has 0 spiro atoms. The number of carbonyl (C=O) groups excluding carboxylic acids is 2. The van der Waals surface area contributed by atoms with E-state index in [0.29, 0.717) is 26.3 Å². The van der Waals surface area contributed by atoms with Crippen LogP contribution in [0.1, 0.15) is 5.69 Å². The normalized spacial score (nSPS) is 22.3. The van der Waals surface area contributed by atoms with Gasteiger partial charge >= 0.3 is 0 Å². The predicted molar refractivity (Wildman–Crippen MR) is 130 cm³/mol. The van der Waals surface area contributed by atoms with Crippen molar-refractivity contribution in [1.82, 2.24) is 4.98 Å². The monoisotopic (exact) mass is 458 g/mol. The van der Waals surface area contributed by atoms with Crippen molar-refractivity contribution in [2.24, 2.45) is 5.92 Å². The van der Waals surface area contributed by atoms with Gasteiger partial charge in [-0.25, -0.2) is 0 Å². The Balaban J connectivity index is 1.19. The summed E-state index contributed by atoms with van der Waals surface area (Å²) in [5, 5.41) is 4.11. The molecule has 2 amide bonds.